The number of hydrogen-bond acceptors (Lipinski definition) is 4. The maximum absolute atomic E-state index is 13.8. The Bertz CT molecular complexity index is 999. The summed E-state index contributed by atoms with van der Waals surface area (Å²) in [6.07, 6.45) is 1.35. The van der Waals surface area contributed by atoms with Crippen molar-refractivity contribution in [2.24, 2.45) is 0 Å². The van der Waals surface area contributed by atoms with Crippen LogP contribution in [0.3, 0.4) is 0 Å². The van der Waals surface area contributed by atoms with E-state index in [0.29, 0.717) is 9.50 Å². The summed E-state index contributed by atoms with van der Waals surface area (Å²) in [5, 5.41) is 2.45. The molecule has 1 N–H and O–H groups in total. The summed E-state index contributed by atoms with van der Waals surface area (Å²) in [5.74, 6) is -1.42. The van der Waals surface area contributed by atoms with Gasteiger partial charge in [-0.05, 0) is 42.1 Å². The Hall–Kier alpha value is -2.16. The van der Waals surface area contributed by atoms with Gasteiger partial charge in [-0.25, -0.2) is 4.39 Å². The van der Waals surface area contributed by atoms with Gasteiger partial charge in [0, 0.05) is 23.1 Å². The number of halogens is 3. The maximum Gasteiger partial charge on any atom is 0.293 e. The fraction of sp³-hybridized carbons (Fsp3) is 0.105. The standard InChI is InChI=1S/C19H13BrClFN2O3S/c20-12-5-6-14(21)13(10-12)17(25)23-7-8-24-18(26)16(28-19(24)27)9-11-3-1-2-4-15(11)22/h1-6,9-10H,7-8H2,(H,23,25)/b16-9-. The van der Waals surface area contributed by atoms with Crippen molar-refractivity contribution in [3.05, 3.63) is 73.8 Å². The third kappa shape index (κ3) is 4.63. The molecule has 28 heavy (non-hydrogen) atoms. The highest BCUT2D eigenvalue weighted by Gasteiger charge is 2.34. The SMILES string of the molecule is O=C(NCCN1C(=O)S/C(=C\c2ccccc2F)C1=O)c1cc(Br)ccc1Cl. The van der Waals surface area contributed by atoms with Gasteiger partial charge in [-0.3, -0.25) is 19.3 Å². The van der Waals surface area contributed by atoms with Gasteiger partial charge in [0.15, 0.2) is 0 Å². The van der Waals surface area contributed by atoms with E-state index in [9.17, 15) is 18.8 Å². The number of nitrogens with one attached hydrogen (secondary N) is 1. The van der Waals surface area contributed by atoms with E-state index in [-0.39, 0.29) is 29.1 Å². The van der Waals surface area contributed by atoms with Crippen molar-refractivity contribution >= 4 is 62.4 Å². The third-order valence-corrected chi connectivity index (χ3v) is 5.59. The Balaban J connectivity index is 1.63. The second kappa shape index (κ2) is 8.89. The number of benzene rings is 2. The van der Waals surface area contributed by atoms with Gasteiger partial charge in [0.2, 0.25) is 0 Å². The fourth-order valence-corrected chi connectivity index (χ4v) is 3.89. The average molecular weight is 484 g/mol. The number of amides is 3. The van der Waals surface area contributed by atoms with Crippen LogP contribution in [0.5, 0.6) is 0 Å². The normalized spacial score (nSPS) is 15.4. The minimum Gasteiger partial charge on any atom is -0.350 e. The van der Waals surface area contributed by atoms with Gasteiger partial charge >= 0.3 is 0 Å². The summed E-state index contributed by atoms with van der Waals surface area (Å²) in [4.78, 5) is 37.9. The smallest absolute Gasteiger partial charge is 0.293 e. The molecule has 0 spiro atoms. The number of imide groups is 1. The van der Waals surface area contributed by atoms with Crippen LogP contribution in [0.15, 0.2) is 51.8 Å². The van der Waals surface area contributed by atoms with Crippen LogP contribution >= 0.6 is 39.3 Å². The molecule has 2 aromatic carbocycles. The lowest BCUT2D eigenvalue weighted by Crippen LogP contribution is -2.37. The van der Waals surface area contributed by atoms with E-state index in [2.05, 4.69) is 21.2 Å². The van der Waals surface area contributed by atoms with Gasteiger partial charge in [0.05, 0.1) is 15.5 Å². The number of rotatable bonds is 5. The number of carbonyl (C=O) groups is 3. The van der Waals surface area contributed by atoms with Gasteiger partial charge in [0.25, 0.3) is 17.1 Å². The van der Waals surface area contributed by atoms with E-state index in [1.54, 1.807) is 30.3 Å². The highest BCUT2D eigenvalue weighted by Crippen LogP contribution is 2.32. The summed E-state index contributed by atoms with van der Waals surface area (Å²) in [6.45, 7) is 0.0589. The van der Waals surface area contributed by atoms with E-state index < -0.39 is 22.9 Å². The zero-order valence-corrected chi connectivity index (χ0v) is 17.4. The monoisotopic (exact) mass is 482 g/mol. The molecule has 0 atom stereocenters. The Kier molecular flexibility index (Phi) is 6.53. The first-order chi connectivity index (χ1) is 13.4. The van der Waals surface area contributed by atoms with Gasteiger partial charge < -0.3 is 5.32 Å². The van der Waals surface area contributed by atoms with Crippen LogP contribution < -0.4 is 5.32 Å². The molecular weight excluding hydrogens is 471 g/mol. The molecule has 5 nitrogen and oxygen atoms in total. The molecule has 1 aliphatic rings. The molecule has 0 bridgehead atoms. The van der Waals surface area contributed by atoms with E-state index in [1.165, 1.54) is 18.2 Å². The molecule has 0 unspecified atom stereocenters. The maximum atomic E-state index is 13.8. The highest BCUT2D eigenvalue weighted by molar-refractivity contribution is 9.10. The molecule has 1 fully saturated rings. The minimum absolute atomic E-state index is 0.00333. The zero-order chi connectivity index (χ0) is 20.3. The minimum atomic E-state index is -0.520. The van der Waals surface area contributed by atoms with Gasteiger partial charge in [-0.15, -0.1) is 0 Å². The zero-order valence-electron chi connectivity index (χ0n) is 14.2. The predicted octanol–water partition coefficient (Wildman–Crippen LogP) is 4.71. The van der Waals surface area contributed by atoms with Crippen molar-refractivity contribution in [1.29, 1.82) is 0 Å². The second-order valence-corrected chi connectivity index (χ2v) is 8.05. The predicted molar refractivity (Wildman–Crippen MR) is 111 cm³/mol. The van der Waals surface area contributed by atoms with Gasteiger partial charge in [-0.1, -0.05) is 45.7 Å². The van der Waals surface area contributed by atoms with Crippen molar-refractivity contribution < 1.29 is 18.8 Å². The Morgan fingerprint density at radius 2 is 2.00 bits per heavy atom. The second-order valence-electron chi connectivity index (χ2n) is 5.73. The van der Waals surface area contributed by atoms with Crippen molar-refractivity contribution in [3.8, 4) is 0 Å². The van der Waals surface area contributed by atoms with Gasteiger partial charge in [-0.2, -0.15) is 0 Å². The number of hydrogen-bond donors (Lipinski definition) is 1. The first-order valence-electron chi connectivity index (χ1n) is 8.10. The van der Waals surface area contributed by atoms with Gasteiger partial charge in [0.1, 0.15) is 5.82 Å². The molecule has 9 heteroatoms. The van der Waals surface area contributed by atoms with Crippen LogP contribution in [0, 0.1) is 5.82 Å². The molecule has 1 heterocycles. The van der Waals surface area contributed by atoms with Crippen molar-refractivity contribution in [2.45, 2.75) is 0 Å². The lowest BCUT2D eigenvalue weighted by atomic mass is 10.2. The molecule has 0 saturated carbocycles. The third-order valence-electron chi connectivity index (χ3n) is 3.86. The molecule has 1 aliphatic heterocycles. The lowest BCUT2D eigenvalue weighted by molar-refractivity contribution is -0.122. The number of nitrogens with zero attached hydrogens (tertiary/aromatic N) is 1. The summed E-state index contributed by atoms with van der Waals surface area (Å²) in [5.41, 5.74) is 0.509. The fourth-order valence-electron chi connectivity index (χ4n) is 2.47. The Labute approximate surface area is 178 Å². The lowest BCUT2D eigenvalue weighted by Gasteiger charge is -2.13. The molecule has 144 valence electrons. The quantitative estimate of drug-likeness (QED) is 0.626. The number of thioether (sulfide) groups is 1. The summed E-state index contributed by atoms with van der Waals surface area (Å²) < 4.78 is 14.5. The molecule has 1 saturated heterocycles. The van der Waals surface area contributed by atoms with Crippen LogP contribution in [0.1, 0.15) is 15.9 Å². The average Bonchev–Trinajstić information content (AvgIpc) is 2.92. The Morgan fingerprint density at radius 3 is 2.75 bits per heavy atom. The van der Waals surface area contributed by atoms with Crippen molar-refractivity contribution in [1.82, 2.24) is 10.2 Å². The molecule has 2 aromatic rings. The molecule has 3 amide bonds. The molecule has 0 radical (unpaired) electrons. The molecule has 0 aromatic heterocycles. The van der Waals surface area contributed by atoms with E-state index in [1.807, 2.05) is 0 Å². The highest BCUT2D eigenvalue weighted by atomic mass is 79.9. The molecule has 0 aliphatic carbocycles. The van der Waals surface area contributed by atoms with E-state index in [0.717, 1.165) is 16.7 Å². The first kappa shape index (κ1) is 20.6. The van der Waals surface area contributed by atoms with Crippen LogP contribution in [0.2, 0.25) is 5.02 Å². The largest absolute Gasteiger partial charge is 0.350 e. The molecule has 3 rings (SSSR count). The van der Waals surface area contributed by atoms with Crippen molar-refractivity contribution in [3.63, 3.8) is 0 Å². The Morgan fingerprint density at radius 1 is 1.25 bits per heavy atom. The van der Waals surface area contributed by atoms with Crippen LogP contribution in [-0.4, -0.2) is 35.0 Å². The van der Waals surface area contributed by atoms with E-state index >= 15 is 0 Å². The summed E-state index contributed by atoms with van der Waals surface area (Å²) in [7, 11) is 0. The summed E-state index contributed by atoms with van der Waals surface area (Å²) >= 11 is 10.0. The van der Waals surface area contributed by atoms with Crippen molar-refractivity contribution in [2.75, 3.05) is 13.1 Å². The summed E-state index contributed by atoms with van der Waals surface area (Å²) in [6, 6.07) is 10.9. The van der Waals surface area contributed by atoms with Crippen LogP contribution in [0.4, 0.5) is 9.18 Å². The van der Waals surface area contributed by atoms with E-state index in [4.69, 9.17) is 11.6 Å². The molecular formula is C19H13BrClFN2O3S. The first-order valence-corrected chi connectivity index (χ1v) is 10.1. The van der Waals surface area contributed by atoms with Crippen LogP contribution in [0.25, 0.3) is 6.08 Å². The number of carbonyl (C=O) groups excluding carboxylic acids is 3. The topological polar surface area (TPSA) is 66.5 Å². The van der Waals surface area contributed by atoms with Crippen LogP contribution in [-0.2, 0) is 4.79 Å².